The monoisotopic (exact) mass is 463 g/mol. The molecular formula is C28H33NO5. The van der Waals surface area contributed by atoms with E-state index in [1.807, 2.05) is 38.1 Å². The molecule has 2 aromatic rings. The van der Waals surface area contributed by atoms with Crippen molar-refractivity contribution in [2.75, 3.05) is 13.2 Å². The average Bonchev–Trinajstić information content (AvgIpc) is 3.48. The smallest absolute Gasteiger partial charge is 0.295 e. The molecule has 0 radical (unpaired) electrons. The quantitative estimate of drug-likeness (QED) is 0.296. The molecule has 1 saturated carbocycles. The highest BCUT2D eigenvalue weighted by atomic mass is 16.5. The molecule has 1 aliphatic carbocycles. The molecule has 6 heteroatoms. The zero-order valence-electron chi connectivity index (χ0n) is 20.0. The van der Waals surface area contributed by atoms with Gasteiger partial charge in [-0.1, -0.05) is 38.8 Å². The number of rotatable bonds is 9. The van der Waals surface area contributed by atoms with E-state index in [0.717, 1.165) is 49.8 Å². The lowest BCUT2D eigenvalue weighted by Gasteiger charge is -2.30. The number of amides is 1. The molecule has 2 fully saturated rings. The summed E-state index contributed by atoms with van der Waals surface area (Å²) >= 11 is 0. The molecule has 2 aromatic carbocycles. The van der Waals surface area contributed by atoms with Gasteiger partial charge in [0, 0.05) is 11.6 Å². The van der Waals surface area contributed by atoms with Crippen molar-refractivity contribution in [3.05, 3.63) is 65.2 Å². The van der Waals surface area contributed by atoms with Crippen LogP contribution in [0.25, 0.3) is 5.76 Å². The van der Waals surface area contributed by atoms with Gasteiger partial charge in [0.2, 0.25) is 0 Å². The number of Topliss-reactive ketones (excluding diaryl/α,β-unsaturated/α-hetero) is 1. The second-order valence-corrected chi connectivity index (χ2v) is 8.93. The normalized spacial score (nSPS) is 20.2. The van der Waals surface area contributed by atoms with E-state index in [-0.39, 0.29) is 17.4 Å². The first kappa shape index (κ1) is 23.9. The van der Waals surface area contributed by atoms with Crippen LogP contribution in [0.2, 0.25) is 0 Å². The number of hydrogen-bond donors (Lipinski definition) is 1. The average molecular weight is 464 g/mol. The minimum atomic E-state index is -0.632. The second kappa shape index (κ2) is 10.8. The molecule has 1 atom stereocenters. The van der Waals surface area contributed by atoms with Crippen LogP contribution in [0.3, 0.4) is 0 Å². The molecule has 1 N–H and O–H groups in total. The summed E-state index contributed by atoms with van der Waals surface area (Å²) in [5.41, 5.74) is 1.42. The van der Waals surface area contributed by atoms with Gasteiger partial charge in [-0.3, -0.25) is 9.59 Å². The molecule has 2 aliphatic rings. The number of nitrogens with zero attached hydrogens (tertiary/aromatic N) is 1. The summed E-state index contributed by atoms with van der Waals surface area (Å²) < 4.78 is 11.3. The van der Waals surface area contributed by atoms with Crippen LogP contribution in [0.4, 0.5) is 0 Å². The van der Waals surface area contributed by atoms with Crippen LogP contribution in [0.5, 0.6) is 11.5 Å². The van der Waals surface area contributed by atoms with Crippen molar-refractivity contribution in [2.24, 2.45) is 0 Å². The summed E-state index contributed by atoms with van der Waals surface area (Å²) in [5.74, 6) is 0.118. The third-order valence-electron chi connectivity index (χ3n) is 6.47. The van der Waals surface area contributed by atoms with Gasteiger partial charge in [-0.25, -0.2) is 0 Å². The molecule has 1 heterocycles. The highest BCUT2D eigenvalue weighted by molar-refractivity contribution is 6.46. The van der Waals surface area contributed by atoms with Gasteiger partial charge in [0.1, 0.15) is 17.3 Å². The Labute approximate surface area is 201 Å². The number of likely N-dealkylation sites (tertiary alicyclic amines) is 1. The molecule has 1 saturated heterocycles. The first-order valence-electron chi connectivity index (χ1n) is 12.3. The molecule has 1 unspecified atom stereocenters. The zero-order chi connectivity index (χ0) is 24.1. The molecule has 0 spiro atoms. The Morgan fingerprint density at radius 1 is 0.882 bits per heavy atom. The molecule has 0 bridgehead atoms. The van der Waals surface area contributed by atoms with Crippen LogP contribution in [-0.2, 0) is 9.59 Å². The highest BCUT2D eigenvalue weighted by Gasteiger charge is 2.49. The van der Waals surface area contributed by atoms with Gasteiger partial charge in [0.15, 0.2) is 0 Å². The summed E-state index contributed by atoms with van der Waals surface area (Å²) in [5, 5.41) is 11.3. The van der Waals surface area contributed by atoms with Gasteiger partial charge in [-0.15, -0.1) is 0 Å². The predicted molar refractivity (Wildman–Crippen MR) is 131 cm³/mol. The molecule has 34 heavy (non-hydrogen) atoms. The number of hydrogen-bond acceptors (Lipinski definition) is 5. The molecular weight excluding hydrogens is 430 g/mol. The van der Waals surface area contributed by atoms with Crippen LogP contribution in [-0.4, -0.2) is 41.0 Å². The van der Waals surface area contributed by atoms with E-state index in [1.165, 1.54) is 0 Å². The highest BCUT2D eigenvalue weighted by Crippen LogP contribution is 2.43. The number of ketones is 1. The van der Waals surface area contributed by atoms with Crippen LogP contribution in [0.15, 0.2) is 54.1 Å². The maximum Gasteiger partial charge on any atom is 0.295 e. The fourth-order valence-corrected chi connectivity index (χ4v) is 4.79. The number of aliphatic hydroxyl groups is 1. The summed E-state index contributed by atoms with van der Waals surface area (Å²) in [6, 6.07) is 13.9. The van der Waals surface area contributed by atoms with E-state index < -0.39 is 17.7 Å². The van der Waals surface area contributed by atoms with E-state index in [4.69, 9.17) is 9.47 Å². The summed E-state index contributed by atoms with van der Waals surface area (Å²) in [7, 11) is 0. The number of carbonyl (C=O) groups excluding carboxylic acids is 2. The van der Waals surface area contributed by atoms with Gasteiger partial charge in [-0.2, -0.15) is 0 Å². The molecule has 0 aromatic heterocycles. The van der Waals surface area contributed by atoms with Crippen LogP contribution in [0, 0.1) is 0 Å². The van der Waals surface area contributed by atoms with Gasteiger partial charge < -0.3 is 19.5 Å². The number of ether oxygens (including phenoxy) is 2. The first-order chi connectivity index (χ1) is 16.5. The Kier molecular flexibility index (Phi) is 7.56. The lowest BCUT2D eigenvalue weighted by atomic mass is 9.94. The van der Waals surface area contributed by atoms with Gasteiger partial charge in [0.05, 0.1) is 24.8 Å². The minimum absolute atomic E-state index is 0.00686. The fourth-order valence-electron chi connectivity index (χ4n) is 4.79. The van der Waals surface area contributed by atoms with E-state index in [0.29, 0.717) is 24.5 Å². The van der Waals surface area contributed by atoms with Crippen molar-refractivity contribution >= 4 is 17.4 Å². The van der Waals surface area contributed by atoms with Gasteiger partial charge in [-0.05, 0) is 67.6 Å². The van der Waals surface area contributed by atoms with Crippen LogP contribution in [0.1, 0.15) is 69.5 Å². The summed E-state index contributed by atoms with van der Waals surface area (Å²) in [6.07, 6.45) is 5.60. The number of benzene rings is 2. The van der Waals surface area contributed by atoms with Crippen molar-refractivity contribution < 1.29 is 24.2 Å². The fraction of sp³-hybridized carbons (Fsp3) is 0.429. The Bertz CT molecular complexity index is 1040. The Balaban J connectivity index is 1.74. The maximum absolute atomic E-state index is 13.2. The third-order valence-corrected chi connectivity index (χ3v) is 6.47. The molecule has 180 valence electrons. The standard InChI is InChI=1S/C28H33NO5/c1-3-17-33-22-13-9-19(10-14-22)25-24(27(31)28(32)29(25)21-7-5-6-8-21)26(30)20-11-15-23(16-12-20)34-18-4-2/h9-16,21,25,30H,3-8,17-18H2,1-2H3/b26-24+. The van der Waals surface area contributed by atoms with Crippen LogP contribution < -0.4 is 9.47 Å². The minimum Gasteiger partial charge on any atom is -0.507 e. The number of aliphatic hydroxyl groups excluding tert-OH is 1. The molecule has 1 amide bonds. The van der Waals surface area contributed by atoms with Gasteiger partial charge >= 0.3 is 0 Å². The Morgan fingerprint density at radius 2 is 1.41 bits per heavy atom. The zero-order valence-corrected chi connectivity index (χ0v) is 20.0. The topological polar surface area (TPSA) is 76.1 Å². The Morgan fingerprint density at radius 3 is 1.94 bits per heavy atom. The van der Waals surface area contributed by atoms with Crippen molar-refractivity contribution in [3.63, 3.8) is 0 Å². The molecule has 6 nitrogen and oxygen atoms in total. The summed E-state index contributed by atoms with van der Waals surface area (Å²) in [4.78, 5) is 28.1. The van der Waals surface area contributed by atoms with Gasteiger partial charge in [0.25, 0.3) is 11.7 Å². The lowest BCUT2D eigenvalue weighted by Crippen LogP contribution is -2.37. The second-order valence-electron chi connectivity index (χ2n) is 8.93. The molecule has 1 aliphatic heterocycles. The van der Waals surface area contributed by atoms with Crippen molar-refractivity contribution in [3.8, 4) is 11.5 Å². The third kappa shape index (κ3) is 4.81. The van der Waals surface area contributed by atoms with E-state index in [1.54, 1.807) is 29.2 Å². The van der Waals surface area contributed by atoms with E-state index >= 15 is 0 Å². The van der Waals surface area contributed by atoms with E-state index in [2.05, 4.69) is 0 Å². The van der Waals surface area contributed by atoms with Crippen molar-refractivity contribution in [2.45, 2.75) is 64.5 Å². The van der Waals surface area contributed by atoms with Crippen molar-refractivity contribution in [1.29, 1.82) is 0 Å². The van der Waals surface area contributed by atoms with Crippen LogP contribution >= 0.6 is 0 Å². The Hall–Kier alpha value is -3.28. The lowest BCUT2D eigenvalue weighted by molar-refractivity contribution is -0.141. The first-order valence-corrected chi connectivity index (χ1v) is 12.3. The number of carbonyl (C=O) groups is 2. The van der Waals surface area contributed by atoms with E-state index in [9.17, 15) is 14.7 Å². The maximum atomic E-state index is 13.2. The van der Waals surface area contributed by atoms with Crippen molar-refractivity contribution in [1.82, 2.24) is 4.90 Å². The largest absolute Gasteiger partial charge is 0.507 e. The SMILES string of the molecule is CCCOc1ccc(/C(O)=C2\C(=O)C(=O)N(C3CCCC3)C2c2ccc(OCCC)cc2)cc1. The molecule has 4 rings (SSSR count). The predicted octanol–water partition coefficient (Wildman–Crippen LogP) is 5.63. The summed E-state index contributed by atoms with van der Waals surface area (Å²) in [6.45, 7) is 5.31.